The van der Waals surface area contributed by atoms with E-state index in [2.05, 4.69) is 5.32 Å². The number of nitrogens with zero attached hydrogens (tertiary/aromatic N) is 2. The standard InChI is InChI=1S/C24H26N4O5S/c25-34(31,32)20-8-9-22(27-11-13-33-14-12-27)21(15-20)24(30)26-16-18-4-6-19(7-5-18)17-28-10-2-1-3-23(28)29/h1-10,15H,11-14,16-17H2,(H,26,30)(H2,25,31,32). The molecule has 1 amide bonds. The molecule has 9 nitrogen and oxygen atoms in total. The molecule has 1 fully saturated rings. The van der Waals surface area contributed by atoms with E-state index in [1.54, 1.807) is 29.0 Å². The summed E-state index contributed by atoms with van der Waals surface area (Å²) in [4.78, 5) is 26.8. The maximum Gasteiger partial charge on any atom is 0.253 e. The fraction of sp³-hybridized carbons (Fsp3) is 0.250. The molecule has 1 aliphatic heterocycles. The molecular weight excluding hydrogens is 456 g/mol. The molecule has 0 aliphatic carbocycles. The molecular formula is C24H26N4O5S. The van der Waals surface area contributed by atoms with Crippen LogP contribution in [0.2, 0.25) is 0 Å². The van der Waals surface area contributed by atoms with E-state index in [1.165, 1.54) is 18.2 Å². The SMILES string of the molecule is NS(=O)(=O)c1ccc(N2CCOCC2)c(C(=O)NCc2ccc(Cn3ccccc3=O)cc2)c1. The molecule has 10 heteroatoms. The van der Waals surface area contributed by atoms with Gasteiger partial charge in [-0.3, -0.25) is 9.59 Å². The highest BCUT2D eigenvalue weighted by Crippen LogP contribution is 2.25. The Bertz CT molecular complexity index is 1330. The predicted molar refractivity (Wildman–Crippen MR) is 128 cm³/mol. The number of pyridine rings is 1. The first-order valence-electron chi connectivity index (χ1n) is 10.8. The van der Waals surface area contributed by atoms with Crippen molar-refractivity contribution in [3.8, 4) is 0 Å². The Balaban J connectivity index is 1.48. The number of nitrogens with two attached hydrogens (primary N) is 1. The summed E-state index contributed by atoms with van der Waals surface area (Å²) in [5.74, 6) is -0.396. The lowest BCUT2D eigenvalue weighted by Crippen LogP contribution is -2.38. The van der Waals surface area contributed by atoms with Gasteiger partial charge in [-0.25, -0.2) is 13.6 Å². The quantitative estimate of drug-likeness (QED) is 0.523. The number of anilines is 1. The maximum atomic E-state index is 13.1. The van der Waals surface area contributed by atoms with Crippen LogP contribution in [0.5, 0.6) is 0 Å². The van der Waals surface area contributed by atoms with Crippen molar-refractivity contribution in [1.29, 1.82) is 0 Å². The van der Waals surface area contributed by atoms with E-state index in [1.807, 2.05) is 29.2 Å². The Hall–Kier alpha value is -3.47. The fourth-order valence-electron chi connectivity index (χ4n) is 3.78. The van der Waals surface area contributed by atoms with Gasteiger partial charge in [0.25, 0.3) is 11.5 Å². The largest absolute Gasteiger partial charge is 0.378 e. The smallest absolute Gasteiger partial charge is 0.253 e. The number of carbonyl (C=O) groups excluding carboxylic acids is 1. The van der Waals surface area contributed by atoms with Gasteiger partial charge in [-0.15, -0.1) is 0 Å². The van der Waals surface area contributed by atoms with E-state index in [0.717, 1.165) is 11.1 Å². The van der Waals surface area contributed by atoms with Crippen molar-refractivity contribution in [1.82, 2.24) is 9.88 Å². The van der Waals surface area contributed by atoms with Gasteiger partial charge in [-0.1, -0.05) is 30.3 Å². The van der Waals surface area contributed by atoms with Gasteiger partial charge in [0.1, 0.15) is 0 Å². The van der Waals surface area contributed by atoms with Crippen LogP contribution in [-0.4, -0.2) is 45.2 Å². The number of benzene rings is 2. The molecule has 0 atom stereocenters. The van der Waals surface area contributed by atoms with E-state index < -0.39 is 15.9 Å². The number of hydrogen-bond acceptors (Lipinski definition) is 6. The summed E-state index contributed by atoms with van der Waals surface area (Å²) in [5.41, 5.74) is 2.63. The first kappa shape index (κ1) is 23.7. The number of morpholine rings is 1. The van der Waals surface area contributed by atoms with Crippen LogP contribution in [0, 0.1) is 0 Å². The fourth-order valence-corrected chi connectivity index (χ4v) is 4.32. The van der Waals surface area contributed by atoms with Crippen LogP contribution in [0.3, 0.4) is 0 Å². The van der Waals surface area contributed by atoms with Gasteiger partial charge in [0, 0.05) is 37.6 Å². The molecule has 0 bridgehead atoms. The molecule has 0 unspecified atom stereocenters. The number of hydrogen-bond donors (Lipinski definition) is 2. The minimum atomic E-state index is -3.95. The summed E-state index contributed by atoms with van der Waals surface area (Å²) in [6.45, 7) is 2.96. The summed E-state index contributed by atoms with van der Waals surface area (Å²) >= 11 is 0. The number of rotatable bonds is 7. The highest BCUT2D eigenvalue weighted by atomic mass is 32.2. The number of ether oxygens (including phenoxy) is 1. The van der Waals surface area contributed by atoms with E-state index in [9.17, 15) is 18.0 Å². The normalized spacial score (nSPS) is 14.1. The van der Waals surface area contributed by atoms with Crippen molar-refractivity contribution in [2.75, 3.05) is 31.2 Å². The average Bonchev–Trinajstić information content (AvgIpc) is 2.84. The van der Waals surface area contributed by atoms with Crippen molar-refractivity contribution < 1.29 is 17.9 Å². The molecule has 3 aromatic rings. The Morgan fingerprint density at radius 1 is 1.00 bits per heavy atom. The average molecular weight is 483 g/mol. The van der Waals surface area contributed by atoms with Gasteiger partial charge >= 0.3 is 0 Å². The highest BCUT2D eigenvalue weighted by Gasteiger charge is 2.21. The summed E-state index contributed by atoms with van der Waals surface area (Å²) in [6.07, 6.45) is 1.73. The van der Waals surface area contributed by atoms with Crippen molar-refractivity contribution >= 4 is 21.6 Å². The van der Waals surface area contributed by atoms with Gasteiger partial charge in [0.2, 0.25) is 10.0 Å². The number of nitrogens with one attached hydrogen (secondary N) is 1. The van der Waals surface area contributed by atoms with Gasteiger partial charge in [-0.2, -0.15) is 0 Å². The maximum absolute atomic E-state index is 13.1. The zero-order valence-corrected chi connectivity index (χ0v) is 19.3. The molecule has 178 valence electrons. The third kappa shape index (κ3) is 5.71. The van der Waals surface area contributed by atoms with Crippen LogP contribution >= 0.6 is 0 Å². The third-order valence-electron chi connectivity index (χ3n) is 5.62. The minimum Gasteiger partial charge on any atom is -0.378 e. The van der Waals surface area contributed by atoms with Gasteiger partial charge in [0.15, 0.2) is 0 Å². The summed E-state index contributed by atoms with van der Waals surface area (Å²) in [7, 11) is -3.95. The Morgan fingerprint density at radius 2 is 1.71 bits per heavy atom. The number of sulfonamides is 1. The molecule has 1 aliphatic rings. The molecule has 0 spiro atoms. The number of aromatic nitrogens is 1. The number of amides is 1. The Kier molecular flexibility index (Phi) is 7.11. The zero-order valence-electron chi connectivity index (χ0n) is 18.5. The van der Waals surface area contributed by atoms with Crippen molar-refractivity contribution in [3.05, 3.63) is 93.9 Å². The first-order valence-corrected chi connectivity index (χ1v) is 12.4. The second kappa shape index (κ2) is 10.2. The topological polar surface area (TPSA) is 124 Å². The lowest BCUT2D eigenvalue weighted by atomic mass is 10.1. The Labute approximate surface area is 197 Å². The van der Waals surface area contributed by atoms with Crippen LogP contribution in [-0.2, 0) is 27.8 Å². The third-order valence-corrected chi connectivity index (χ3v) is 6.53. The Morgan fingerprint density at radius 3 is 2.38 bits per heavy atom. The summed E-state index contributed by atoms with van der Waals surface area (Å²) < 4.78 is 30.7. The molecule has 2 aromatic carbocycles. The van der Waals surface area contributed by atoms with Crippen LogP contribution in [0.4, 0.5) is 5.69 Å². The van der Waals surface area contributed by atoms with Crippen molar-refractivity contribution in [2.24, 2.45) is 5.14 Å². The van der Waals surface area contributed by atoms with E-state index in [-0.39, 0.29) is 22.6 Å². The molecule has 1 aromatic heterocycles. The van der Waals surface area contributed by atoms with Gasteiger partial charge in [-0.05, 0) is 35.4 Å². The van der Waals surface area contributed by atoms with Crippen LogP contribution in [0.1, 0.15) is 21.5 Å². The van der Waals surface area contributed by atoms with Gasteiger partial charge in [0.05, 0.1) is 30.2 Å². The second-order valence-corrected chi connectivity index (χ2v) is 9.55. The van der Waals surface area contributed by atoms with Crippen LogP contribution in [0.25, 0.3) is 0 Å². The second-order valence-electron chi connectivity index (χ2n) is 7.99. The number of carbonyl (C=O) groups is 1. The van der Waals surface area contributed by atoms with E-state index >= 15 is 0 Å². The highest BCUT2D eigenvalue weighted by molar-refractivity contribution is 7.89. The van der Waals surface area contributed by atoms with Crippen LogP contribution in [0.15, 0.2) is 76.6 Å². The lowest BCUT2D eigenvalue weighted by molar-refractivity contribution is 0.0949. The first-order chi connectivity index (χ1) is 16.3. The minimum absolute atomic E-state index is 0.0726. The molecule has 2 heterocycles. The number of primary sulfonamides is 1. The molecule has 1 saturated heterocycles. The predicted octanol–water partition coefficient (Wildman–Crippen LogP) is 1.31. The molecule has 34 heavy (non-hydrogen) atoms. The van der Waals surface area contributed by atoms with E-state index in [4.69, 9.17) is 9.88 Å². The van der Waals surface area contributed by atoms with Crippen molar-refractivity contribution in [2.45, 2.75) is 18.0 Å². The molecule has 3 N–H and O–H groups in total. The van der Waals surface area contributed by atoms with E-state index in [0.29, 0.717) is 38.5 Å². The van der Waals surface area contributed by atoms with Gasteiger partial charge < -0.3 is 19.5 Å². The lowest BCUT2D eigenvalue weighted by Gasteiger charge is -2.30. The molecule has 0 radical (unpaired) electrons. The van der Waals surface area contributed by atoms with Crippen LogP contribution < -0.4 is 20.9 Å². The van der Waals surface area contributed by atoms with Crippen molar-refractivity contribution in [3.63, 3.8) is 0 Å². The molecule has 4 rings (SSSR count). The zero-order chi connectivity index (χ0) is 24.1. The molecule has 0 saturated carbocycles. The summed E-state index contributed by atoms with van der Waals surface area (Å²) in [5, 5.41) is 8.15. The monoisotopic (exact) mass is 482 g/mol. The summed E-state index contributed by atoms with van der Waals surface area (Å²) in [6, 6.07) is 16.9.